The predicted octanol–water partition coefficient (Wildman–Crippen LogP) is 3.10. The van der Waals surface area contributed by atoms with Gasteiger partial charge in [0, 0.05) is 21.9 Å². The highest BCUT2D eigenvalue weighted by molar-refractivity contribution is 7.98. The van der Waals surface area contributed by atoms with E-state index in [1.807, 2.05) is 11.8 Å². The van der Waals surface area contributed by atoms with Gasteiger partial charge in [-0.25, -0.2) is 9.97 Å². The predicted molar refractivity (Wildman–Crippen MR) is 74.1 cm³/mol. The van der Waals surface area contributed by atoms with Gasteiger partial charge in [0.15, 0.2) is 5.82 Å². The van der Waals surface area contributed by atoms with Crippen LogP contribution in [0.15, 0.2) is 12.1 Å². The van der Waals surface area contributed by atoms with Crippen molar-refractivity contribution in [2.24, 2.45) is 0 Å². The molecule has 0 unspecified atom stereocenters. The molecular weight excluding hydrogens is 250 g/mol. The number of aromatic nitrogens is 2. The van der Waals surface area contributed by atoms with Crippen molar-refractivity contribution in [1.82, 2.24) is 9.97 Å². The average Bonchev–Trinajstić information content (AvgIpc) is 2.97. The van der Waals surface area contributed by atoms with Gasteiger partial charge in [-0.1, -0.05) is 6.92 Å². The van der Waals surface area contributed by atoms with E-state index < -0.39 is 0 Å². The van der Waals surface area contributed by atoms with E-state index in [2.05, 4.69) is 29.0 Å². The van der Waals surface area contributed by atoms with Gasteiger partial charge in [-0.15, -0.1) is 11.3 Å². The van der Waals surface area contributed by atoms with Crippen molar-refractivity contribution in [1.29, 1.82) is 0 Å². The molecule has 2 aromatic heterocycles. The van der Waals surface area contributed by atoms with Crippen LogP contribution in [0, 0.1) is 0 Å². The number of nitrogens with two attached hydrogens (primary N) is 1. The van der Waals surface area contributed by atoms with E-state index in [0.717, 1.165) is 39.9 Å². The van der Waals surface area contributed by atoms with E-state index in [-0.39, 0.29) is 0 Å². The highest BCUT2D eigenvalue weighted by Crippen LogP contribution is 2.34. The quantitative estimate of drug-likeness (QED) is 0.904. The normalized spacial score (nSPS) is 13.9. The molecular formula is C12H13N3S2. The molecule has 1 aliphatic heterocycles. The third kappa shape index (κ3) is 1.93. The van der Waals surface area contributed by atoms with Crippen LogP contribution in [0.4, 0.5) is 5.82 Å². The van der Waals surface area contributed by atoms with Crippen LogP contribution < -0.4 is 5.73 Å². The van der Waals surface area contributed by atoms with Gasteiger partial charge in [0.1, 0.15) is 5.82 Å². The van der Waals surface area contributed by atoms with E-state index in [4.69, 9.17) is 5.73 Å². The minimum atomic E-state index is 0.654. The zero-order valence-electron chi connectivity index (χ0n) is 9.56. The Balaban J connectivity index is 2.06. The summed E-state index contributed by atoms with van der Waals surface area (Å²) in [6.07, 6.45) is 1.06. The lowest BCUT2D eigenvalue weighted by atomic mass is 10.2. The molecule has 0 aromatic carbocycles. The van der Waals surface area contributed by atoms with Gasteiger partial charge in [0.25, 0.3) is 0 Å². The summed E-state index contributed by atoms with van der Waals surface area (Å²) in [5, 5.41) is 0. The molecule has 0 radical (unpaired) electrons. The largest absolute Gasteiger partial charge is 0.383 e. The summed E-state index contributed by atoms with van der Waals surface area (Å²) in [5.74, 6) is 3.35. The minimum Gasteiger partial charge on any atom is -0.383 e. The smallest absolute Gasteiger partial charge is 0.171 e. The number of aryl methyl sites for hydroxylation is 1. The lowest BCUT2D eigenvalue weighted by Crippen LogP contribution is -2.02. The zero-order chi connectivity index (χ0) is 11.8. The van der Waals surface area contributed by atoms with E-state index in [9.17, 15) is 0 Å². The second kappa shape index (κ2) is 4.31. The summed E-state index contributed by atoms with van der Waals surface area (Å²) in [6, 6.07) is 4.23. The fraction of sp³-hybridized carbons (Fsp3) is 0.333. The van der Waals surface area contributed by atoms with Crippen LogP contribution in [0.2, 0.25) is 0 Å². The third-order valence-electron chi connectivity index (χ3n) is 2.84. The van der Waals surface area contributed by atoms with Gasteiger partial charge < -0.3 is 5.73 Å². The van der Waals surface area contributed by atoms with E-state index in [1.54, 1.807) is 11.3 Å². The van der Waals surface area contributed by atoms with Crippen molar-refractivity contribution in [3.8, 4) is 10.7 Å². The van der Waals surface area contributed by atoms with Crippen LogP contribution in [-0.2, 0) is 17.9 Å². The molecule has 0 spiro atoms. The molecule has 0 atom stereocenters. The van der Waals surface area contributed by atoms with E-state index in [0.29, 0.717) is 5.82 Å². The third-order valence-corrected chi connectivity index (χ3v) is 5.04. The topological polar surface area (TPSA) is 51.8 Å². The summed E-state index contributed by atoms with van der Waals surface area (Å²) < 4.78 is 0. The Morgan fingerprint density at radius 3 is 2.94 bits per heavy atom. The second-order valence-electron chi connectivity index (χ2n) is 3.97. The van der Waals surface area contributed by atoms with Crippen LogP contribution in [0.5, 0.6) is 0 Å². The molecule has 1 aliphatic rings. The van der Waals surface area contributed by atoms with Gasteiger partial charge in [0.2, 0.25) is 0 Å². The maximum absolute atomic E-state index is 5.99. The molecule has 3 heterocycles. The first-order chi connectivity index (χ1) is 8.28. The number of hydrogen-bond acceptors (Lipinski definition) is 5. The molecule has 3 nitrogen and oxygen atoms in total. The Bertz CT molecular complexity index is 563. The number of thioether (sulfide) groups is 1. The number of nitrogen functional groups attached to an aromatic ring is 1. The van der Waals surface area contributed by atoms with Gasteiger partial charge in [0.05, 0.1) is 10.6 Å². The lowest BCUT2D eigenvalue weighted by molar-refractivity contribution is 1.09. The highest BCUT2D eigenvalue weighted by atomic mass is 32.2. The van der Waals surface area contributed by atoms with Crippen LogP contribution in [0.1, 0.15) is 23.1 Å². The molecule has 0 fully saturated rings. The van der Waals surface area contributed by atoms with Crippen molar-refractivity contribution >= 4 is 28.9 Å². The lowest BCUT2D eigenvalue weighted by Gasteiger charge is -2.04. The number of thiophene rings is 1. The molecule has 0 saturated carbocycles. The summed E-state index contributed by atoms with van der Waals surface area (Å²) >= 11 is 3.60. The summed E-state index contributed by atoms with van der Waals surface area (Å²) in [7, 11) is 0. The minimum absolute atomic E-state index is 0.654. The van der Waals surface area contributed by atoms with Crippen LogP contribution in [-0.4, -0.2) is 9.97 Å². The van der Waals surface area contributed by atoms with Crippen molar-refractivity contribution in [3.05, 3.63) is 28.3 Å². The fourth-order valence-electron chi connectivity index (χ4n) is 1.87. The number of fused-ring (bicyclic) bond motifs is 1. The molecule has 2 aromatic rings. The average molecular weight is 263 g/mol. The van der Waals surface area contributed by atoms with Crippen molar-refractivity contribution in [2.75, 3.05) is 5.73 Å². The highest BCUT2D eigenvalue weighted by Gasteiger charge is 2.19. The summed E-state index contributed by atoms with van der Waals surface area (Å²) in [5.41, 5.74) is 8.23. The Morgan fingerprint density at radius 2 is 2.18 bits per heavy atom. The van der Waals surface area contributed by atoms with Gasteiger partial charge >= 0.3 is 0 Å². The van der Waals surface area contributed by atoms with Crippen LogP contribution >= 0.6 is 23.1 Å². The first-order valence-corrected chi connectivity index (χ1v) is 7.57. The monoisotopic (exact) mass is 263 g/mol. The van der Waals surface area contributed by atoms with Crippen molar-refractivity contribution in [2.45, 2.75) is 24.9 Å². The molecule has 0 aliphatic carbocycles. The molecule has 0 saturated heterocycles. The molecule has 3 rings (SSSR count). The number of nitrogens with zero attached hydrogens (tertiary/aromatic N) is 2. The van der Waals surface area contributed by atoms with Gasteiger partial charge in [-0.3, -0.25) is 0 Å². The molecule has 88 valence electrons. The maximum atomic E-state index is 5.99. The molecule has 17 heavy (non-hydrogen) atoms. The number of rotatable bonds is 2. The number of anilines is 1. The Hall–Kier alpha value is -1.07. The molecule has 5 heteroatoms. The summed E-state index contributed by atoms with van der Waals surface area (Å²) in [6.45, 7) is 2.16. The van der Waals surface area contributed by atoms with Gasteiger partial charge in [-0.2, -0.15) is 11.8 Å². The second-order valence-corrected chi connectivity index (χ2v) is 6.12. The van der Waals surface area contributed by atoms with Crippen LogP contribution in [0.3, 0.4) is 0 Å². The van der Waals surface area contributed by atoms with E-state index >= 15 is 0 Å². The Labute approximate surface area is 108 Å². The summed E-state index contributed by atoms with van der Waals surface area (Å²) in [4.78, 5) is 11.5. The van der Waals surface area contributed by atoms with Crippen molar-refractivity contribution in [3.63, 3.8) is 0 Å². The first-order valence-electron chi connectivity index (χ1n) is 5.60. The molecule has 0 amide bonds. The first kappa shape index (κ1) is 11.0. The number of hydrogen-bond donors (Lipinski definition) is 1. The standard InChI is InChI=1S/C12H13N3S2/c1-2-7-3-4-10(17-7)12-14-9-6-16-5-8(9)11(13)15-12/h3-4H,2,5-6H2,1H3,(H2,13,14,15). The molecule has 0 bridgehead atoms. The van der Waals surface area contributed by atoms with E-state index in [1.165, 1.54) is 4.88 Å². The Morgan fingerprint density at radius 1 is 1.29 bits per heavy atom. The Kier molecular flexibility index (Phi) is 2.80. The zero-order valence-corrected chi connectivity index (χ0v) is 11.2. The fourth-order valence-corrected chi connectivity index (χ4v) is 3.81. The molecule has 2 N–H and O–H groups in total. The van der Waals surface area contributed by atoms with Crippen LogP contribution in [0.25, 0.3) is 10.7 Å². The van der Waals surface area contributed by atoms with Crippen molar-refractivity contribution < 1.29 is 0 Å². The van der Waals surface area contributed by atoms with Gasteiger partial charge in [-0.05, 0) is 18.6 Å². The SMILES string of the molecule is CCc1ccc(-c2nc(N)c3c(n2)CSC3)s1. The maximum Gasteiger partial charge on any atom is 0.171 e.